The maximum Gasteiger partial charge on any atom is 0.338 e. The minimum atomic E-state index is -0.376. The number of allylic oxidation sites excluding steroid dienone is 3. The third-order valence-electron chi connectivity index (χ3n) is 6.58. The van der Waals surface area contributed by atoms with Gasteiger partial charge in [-0.3, -0.25) is 4.79 Å². The van der Waals surface area contributed by atoms with Crippen LogP contribution in [0.3, 0.4) is 0 Å². The Balaban J connectivity index is 1.59. The van der Waals surface area contributed by atoms with Crippen LogP contribution in [0.25, 0.3) is 0 Å². The highest BCUT2D eigenvalue weighted by Crippen LogP contribution is 2.41. The number of nitrogens with zero attached hydrogens (tertiary/aromatic N) is 2. The summed E-state index contributed by atoms with van der Waals surface area (Å²) in [6.45, 7) is 2.29. The van der Waals surface area contributed by atoms with E-state index in [-0.39, 0.29) is 36.6 Å². The number of rotatable bonds is 4. The van der Waals surface area contributed by atoms with Gasteiger partial charge in [-0.05, 0) is 67.4 Å². The van der Waals surface area contributed by atoms with Gasteiger partial charge >= 0.3 is 5.97 Å². The molecule has 0 spiro atoms. The minimum Gasteiger partial charge on any atom is -0.508 e. The highest BCUT2D eigenvalue weighted by molar-refractivity contribution is 6.00. The van der Waals surface area contributed by atoms with Gasteiger partial charge in [0.15, 0.2) is 6.61 Å². The zero-order valence-corrected chi connectivity index (χ0v) is 20.1. The van der Waals surface area contributed by atoms with Gasteiger partial charge in [0.25, 0.3) is 5.91 Å². The Kier molecular flexibility index (Phi) is 8.95. The van der Waals surface area contributed by atoms with Crippen molar-refractivity contribution in [3.63, 3.8) is 0 Å². The van der Waals surface area contributed by atoms with Crippen LogP contribution in [0, 0.1) is 0 Å². The van der Waals surface area contributed by atoms with E-state index < -0.39 is 0 Å². The van der Waals surface area contributed by atoms with Crippen LogP contribution in [0.4, 0.5) is 0 Å². The van der Waals surface area contributed by atoms with Crippen molar-refractivity contribution in [3.05, 3.63) is 53.1 Å². The molecule has 35 heavy (non-hydrogen) atoms. The molecule has 1 aliphatic carbocycles. The van der Waals surface area contributed by atoms with E-state index in [1.165, 1.54) is 0 Å². The molecule has 8 heteroatoms. The van der Waals surface area contributed by atoms with Crippen molar-refractivity contribution in [1.82, 2.24) is 4.90 Å². The van der Waals surface area contributed by atoms with Crippen molar-refractivity contribution in [3.8, 4) is 5.75 Å². The van der Waals surface area contributed by atoms with Gasteiger partial charge in [0.2, 0.25) is 0 Å². The number of esters is 1. The number of phenols is 1. The van der Waals surface area contributed by atoms with Gasteiger partial charge in [0.05, 0.1) is 31.1 Å². The standard InChI is InChI=1S/C27H34N2O6/c30-23-17-21-16-22(28-35-19-25(31)29-11-14-33-15-12-29)10-5-3-1-2-4-6-13-34-27(32)26(21)24(18-23)20-8-7-9-20/h2,4-5,10,17-18,20,30H,1,3,6-9,11-16,19H2/b4-2+,10-5+,28-22-. The second-order valence-corrected chi connectivity index (χ2v) is 9.10. The molecule has 1 saturated carbocycles. The van der Waals surface area contributed by atoms with Crippen molar-refractivity contribution in [2.75, 3.05) is 39.5 Å². The lowest BCUT2D eigenvalue weighted by Gasteiger charge is -2.28. The number of cyclic esters (lactones) is 1. The first-order chi connectivity index (χ1) is 17.1. The molecule has 0 radical (unpaired) electrons. The zero-order valence-electron chi connectivity index (χ0n) is 20.1. The molecular formula is C27H34N2O6. The van der Waals surface area contributed by atoms with Gasteiger partial charge in [-0.1, -0.05) is 29.8 Å². The number of morpholine rings is 1. The van der Waals surface area contributed by atoms with E-state index in [1.807, 2.05) is 18.2 Å². The molecule has 0 bridgehead atoms. The van der Waals surface area contributed by atoms with Gasteiger partial charge in [0.1, 0.15) is 5.75 Å². The number of phenolic OH excluding ortho intramolecular Hbond substituents is 1. The van der Waals surface area contributed by atoms with Crippen LogP contribution in [-0.4, -0.2) is 67.1 Å². The molecule has 2 heterocycles. The summed E-state index contributed by atoms with van der Waals surface area (Å²) >= 11 is 0. The third-order valence-corrected chi connectivity index (χ3v) is 6.58. The first kappa shape index (κ1) is 25.0. The van der Waals surface area contributed by atoms with Crippen molar-refractivity contribution in [2.24, 2.45) is 5.16 Å². The van der Waals surface area contributed by atoms with E-state index in [9.17, 15) is 14.7 Å². The van der Waals surface area contributed by atoms with E-state index in [1.54, 1.807) is 17.0 Å². The fourth-order valence-corrected chi connectivity index (χ4v) is 4.47. The average molecular weight is 483 g/mol. The number of carbonyl (C=O) groups is 2. The Hall–Kier alpha value is -3.13. The monoisotopic (exact) mass is 482 g/mol. The average Bonchev–Trinajstić information content (AvgIpc) is 2.81. The Labute approximate surface area is 206 Å². The zero-order chi connectivity index (χ0) is 24.5. The van der Waals surface area contributed by atoms with Crippen molar-refractivity contribution >= 4 is 17.6 Å². The van der Waals surface area contributed by atoms with E-state index in [0.717, 1.165) is 37.7 Å². The Morgan fingerprint density at radius 2 is 1.86 bits per heavy atom. The first-order valence-corrected chi connectivity index (χ1v) is 12.5. The van der Waals surface area contributed by atoms with E-state index in [4.69, 9.17) is 14.3 Å². The molecule has 2 aliphatic heterocycles. The fourth-order valence-electron chi connectivity index (χ4n) is 4.47. The number of hydrogen-bond donors (Lipinski definition) is 1. The van der Waals surface area contributed by atoms with Crippen molar-refractivity contribution in [2.45, 2.75) is 50.9 Å². The predicted molar refractivity (Wildman–Crippen MR) is 132 cm³/mol. The number of hydrogen-bond acceptors (Lipinski definition) is 7. The summed E-state index contributed by atoms with van der Waals surface area (Å²) < 4.78 is 10.9. The van der Waals surface area contributed by atoms with Crippen LogP contribution in [0.2, 0.25) is 0 Å². The topological polar surface area (TPSA) is 97.7 Å². The predicted octanol–water partition coefficient (Wildman–Crippen LogP) is 3.89. The van der Waals surface area contributed by atoms with Crippen LogP contribution >= 0.6 is 0 Å². The number of aromatic hydroxyl groups is 1. The molecule has 0 atom stereocenters. The molecule has 1 aromatic rings. The number of fused-ring (bicyclic) bond motifs is 1. The van der Waals surface area contributed by atoms with Gasteiger partial charge < -0.3 is 24.3 Å². The molecule has 0 aromatic heterocycles. The highest BCUT2D eigenvalue weighted by atomic mass is 16.6. The summed E-state index contributed by atoms with van der Waals surface area (Å²) in [6, 6.07) is 3.30. The van der Waals surface area contributed by atoms with Gasteiger partial charge in [0, 0.05) is 19.5 Å². The normalized spacial score (nSPS) is 22.9. The Bertz CT molecular complexity index is 990. The largest absolute Gasteiger partial charge is 0.508 e. The lowest BCUT2D eigenvalue weighted by atomic mass is 9.77. The summed E-state index contributed by atoms with van der Waals surface area (Å²) in [4.78, 5) is 32.7. The number of oxime groups is 1. The van der Waals surface area contributed by atoms with Crippen LogP contribution in [0.5, 0.6) is 5.75 Å². The lowest BCUT2D eigenvalue weighted by molar-refractivity contribution is -0.140. The van der Waals surface area contributed by atoms with Gasteiger partial charge in [-0.15, -0.1) is 0 Å². The number of benzene rings is 1. The smallest absolute Gasteiger partial charge is 0.338 e. The van der Waals surface area contributed by atoms with Crippen LogP contribution in [-0.2, 0) is 25.5 Å². The van der Waals surface area contributed by atoms with Gasteiger partial charge in [-0.25, -0.2) is 4.79 Å². The molecule has 8 nitrogen and oxygen atoms in total. The summed E-state index contributed by atoms with van der Waals surface area (Å²) in [5, 5.41) is 14.7. The molecular weight excluding hydrogens is 448 g/mol. The molecule has 3 aliphatic rings. The molecule has 1 saturated heterocycles. The van der Waals surface area contributed by atoms with Gasteiger partial charge in [-0.2, -0.15) is 0 Å². The van der Waals surface area contributed by atoms with Crippen LogP contribution in [0.1, 0.15) is 65.9 Å². The molecule has 0 unspecified atom stereocenters. The fraction of sp³-hybridized carbons (Fsp3) is 0.519. The Morgan fingerprint density at radius 3 is 2.63 bits per heavy atom. The lowest BCUT2D eigenvalue weighted by Crippen LogP contribution is -2.42. The second kappa shape index (κ2) is 12.5. The number of ether oxygens (including phenoxy) is 2. The molecule has 2 fully saturated rings. The minimum absolute atomic E-state index is 0.120. The van der Waals surface area contributed by atoms with E-state index in [2.05, 4.69) is 11.2 Å². The molecule has 1 N–H and O–H groups in total. The van der Waals surface area contributed by atoms with Crippen molar-refractivity contribution in [1.29, 1.82) is 0 Å². The third kappa shape index (κ3) is 6.94. The van der Waals surface area contributed by atoms with Crippen LogP contribution in [0.15, 0.2) is 41.6 Å². The van der Waals surface area contributed by atoms with E-state index in [0.29, 0.717) is 56.2 Å². The number of amides is 1. The number of carbonyl (C=O) groups excluding carboxylic acids is 2. The highest BCUT2D eigenvalue weighted by Gasteiger charge is 2.28. The summed E-state index contributed by atoms with van der Waals surface area (Å²) in [5.74, 6) is -0.157. The summed E-state index contributed by atoms with van der Waals surface area (Å²) in [5.41, 5.74) is 2.57. The maximum absolute atomic E-state index is 13.2. The SMILES string of the molecule is O=C1OCC/C=C/CC/C=C/C(=N/OCC(=O)N2CCOCC2)Cc2cc(O)cc(C3CCC3)c21. The maximum atomic E-state index is 13.2. The van der Waals surface area contributed by atoms with E-state index >= 15 is 0 Å². The molecule has 1 amide bonds. The molecule has 4 rings (SSSR count). The quantitative estimate of drug-likeness (QED) is 0.397. The molecule has 1 aromatic carbocycles. The van der Waals surface area contributed by atoms with Crippen molar-refractivity contribution < 1.29 is 29.0 Å². The first-order valence-electron chi connectivity index (χ1n) is 12.5. The molecule has 188 valence electrons. The van der Waals surface area contributed by atoms with Crippen LogP contribution < -0.4 is 0 Å². The summed E-state index contributed by atoms with van der Waals surface area (Å²) in [6.07, 6.45) is 13.7. The summed E-state index contributed by atoms with van der Waals surface area (Å²) in [7, 11) is 0. The second-order valence-electron chi connectivity index (χ2n) is 9.10. The Morgan fingerprint density at radius 1 is 1.09 bits per heavy atom.